The quantitative estimate of drug-likeness (QED) is 0.858. The largest absolute Gasteiger partial charge is 0.365 e. The molecule has 0 radical (unpaired) electrons. The average molecular weight is 333 g/mol. The lowest BCUT2D eigenvalue weighted by molar-refractivity contribution is -0.131. The Hall–Kier alpha value is -3.42. The number of morpholine rings is 1. The van der Waals surface area contributed by atoms with Crippen LogP contribution in [-0.2, 0) is 9.53 Å². The molecule has 1 amide bonds. The Morgan fingerprint density at radius 3 is 2.92 bits per heavy atom. The van der Waals surface area contributed by atoms with E-state index in [1.54, 1.807) is 36.5 Å². The van der Waals surface area contributed by atoms with Crippen LogP contribution in [0, 0.1) is 22.8 Å². The summed E-state index contributed by atoms with van der Waals surface area (Å²) in [5, 5.41) is 20.7. The van der Waals surface area contributed by atoms with Crippen molar-refractivity contribution in [2.45, 2.75) is 6.10 Å². The second-order valence-corrected chi connectivity index (χ2v) is 5.52. The van der Waals surface area contributed by atoms with Gasteiger partial charge in [-0.25, -0.2) is 4.98 Å². The van der Waals surface area contributed by atoms with Crippen LogP contribution < -0.4 is 5.32 Å². The molecular weight excluding hydrogens is 318 g/mol. The highest BCUT2D eigenvalue weighted by Crippen LogP contribution is 2.22. The lowest BCUT2D eigenvalue weighted by atomic mass is 10.0. The van der Waals surface area contributed by atoms with Gasteiger partial charge in [-0.15, -0.1) is 0 Å². The summed E-state index contributed by atoms with van der Waals surface area (Å²) in [4.78, 5) is 18.0. The first-order chi connectivity index (χ1) is 12.2. The SMILES string of the molecule is N#Cc1cccc(-c2ccnc(NC(=O)[C@H]3CN(C#N)CCO3)c2)c1. The first-order valence-electron chi connectivity index (χ1n) is 7.73. The van der Waals surface area contributed by atoms with Gasteiger partial charge in [0.05, 0.1) is 31.3 Å². The number of nitriles is 2. The average Bonchev–Trinajstić information content (AvgIpc) is 2.68. The molecule has 1 atom stereocenters. The zero-order chi connectivity index (χ0) is 17.6. The standard InChI is InChI=1S/C18H15N5O2/c19-10-13-2-1-3-14(8-13)15-4-5-21-17(9-15)22-18(24)16-11-23(12-20)6-7-25-16/h1-5,8-9,16H,6-7,11H2,(H,21,22,24)/t16-/m1/s1. The lowest BCUT2D eigenvalue weighted by Crippen LogP contribution is -2.46. The second-order valence-electron chi connectivity index (χ2n) is 5.52. The molecule has 2 aromatic rings. The molecule has 1 aliphatic heterocycles. The molecule has 7 nitrogen and oxygen atoms in total. The van der Waals surface area contributed by atoms with Crippen LogP contribution in [0.5, 0.6) is 0 Å². The van der Waals surface area contributed by atoms with E-state index in [1.807, 2.05) is 12.3 Å². The Balaban J connectivity index is 1.74. The van der Waals surface area contributed by atoms with Crippen molar-refractivity contribution < 1.29 is 9.53 Å². The lowest BCUT2D eigenvalue weighted by Gasteiger charge is -2.28. The summed E-state index contributed by atoms with van der Waals surface area (Å²) in [6.07, 6.45) is 2.91. The molecule has 0 spiro atoms. The van der Waals surface area contributed by atoms with Crippen molar-refractivity contribution in [3.05, 3.63) is 48.2 Å². The smallest absolute Gasteiger partial charge is 0.256 e. The van der Waals surface area contributed by atoms with E-state index in [4.69, 9.17) is 15.3 Å². The summed E-state index contributed by atoms with van der Waals surface area (Å²) < 4.78 is 5.42. The van der Waals surface area contributed by atoms with Crippen molar-refractivity contribution in [2.75, 3.05) is 25.0 Å². The molecule has 1 saturated heterocycles. The summed E-state index contributed by atoms with van der Waals surface area (Å²) in [6.45, 7) is 1.05. The first-order valence-corrected chi connectivity index (χ1v) is 7.73. The number of hydrogen-bond acceptors (Lipinski definition) is 6. The third-order valence-corrected chi connectivity index (χ3v) is 3.84. The fourth-order valence-corrected chi connectivity index (χ4v) is 2.55. The van der Waals surface area contributed by atoms with Gasteiger partial charge in [-0.05, 0) is 35.4 Å². The Morgan fingerprint density at radius 1 is 1.28 bits per heavy atom. The molecule has 2 heterocycles. The Labute approximate surface area is 145 Å². The fourth-order valence-electron chi connectivity index (χ4n) is 2.55. The van der Waals surface area contributed by atoms with Gasteiger partial charge in [0.1, 0.15) is 5.82 Å². The molecule has 0 unspecified atom stereocenters. The predicted octanol–water partition coefficient (Wildman–Crippen LogP) is 1.74. The molecule has 0 aliphatic carbocycles. The molecule has 124 valence electrons. The number of hydrogen-bond donors (Lipinski definition) is 1. The molecule has 1 aromatic heterocycles. The molecule has 25 heavy (non-hydrogen) atoms. The fraction of sp³-hybridized carbons (Fsp3) is 0.222. The minimum Gasteiger partial charge on any atom is -0.365 e. The highest BCUT2D eigenvalue weighted by Gasteiger charge is 2.26. The maximum absolute atomic E-state index is 12.3. The normalized spacial score (nSPS) is 16.6. The van der Waals surface area contributed by atoms with Gasteiger partial charge in [-0.1, -0.05) is 12.1 Å². The van der Waals surface area contributed by atoms with Gasteiger partial charge in [0.25, 0.3) is 5.91 Å². The summed E-state index contributed by atoms with van der Waals surface area (Å²) in [5.74, 6) is 0.0536. The van der Waals surface area contributed by atoms with E-state index >= 15 is 0 Å². The maximum Gasteiger partial charge on any atom is 0.256 e. The second kappa shape index (κ2) is 7.43. The molecule has 1 fully saturated rings. The monoisotopic (exact) mass is 333 g/mol. The Kier molecular flexibility index (Phi) is 4.89. The third-order valence-electron chi connectivity index (χ3n) is 3.84. The van der Waals surface area contributed by atoms with Crippen molar-refractivity contribution in [1.29, 1.82) is 10.5 Å². The minimum absolute atomic E-state index is 0.228. The zero-order valence-electron chi connectivity index (χ0n) is 13.3. The topological polar surface area (TPSA) is 102 Å². The van der Waals surface area contributed by atoms with E-state index < -0.39 is 6.10 Å². The number of nitrogens with zero attached hydrogens (tertiary/aromatic N) is 4. The summed E-state index contributed by atoms with van der Waals surface area (Å²) in [7, 11) is 0. The van der Waals surface area contributed by atoms with E-state index in [-0.39, 0.29) is 12.5 Å². The number of nitrogens with one attached hydrogen (secondary N) is 1. The van der Waals surface area contributed by atoms with Crippen molar-refractivity contribution in [2.24, 2.45) is 0 Å². The van der Waals surface area contributed by atoms with Crippen LogP contribution in [0.3, 0.4) is 0 Å². The van der Waals surface area contributed by atoms with Gasteiger partial charge >= 0.3 is 0 Å². The van der Waals surface area contributed by atoms with Crippen molar-refractivity contribution >= 4 is 11.7 Å². The maximum atomic E-state index is 12.3. The summed E-state index contributed by atoms with van der Waals surface area (Å²) in [5.41, 5.74) is 2.26. The van der Waals surface area contributed by atoms with Crippen LogP contribution in [0.1, 0.15) is 5.56 Å². The van der Waals surface area contributed by atoms with E-state index in [0.29, 0.717) is 24.5 Å². The number of pyridine rings is 1. The van der Waals surface area contributed by atoms with Gasteiger partial charge in [-0.3, -0.25) is 4.79 Å². The highest BCUT2D eigenvalue weighted by molar-refractivity contribution is 5.94. The molecule has 1 N–H and O–H groups in total. The van der Waals surface area contributed by atoms with E-state index in [0.717, 1.165) is 11.1 Å². The van der Waals surface area contributed by atoms with Crippen LogP contribution in [0.2, 0.25) is 0 Å². The third kappa shape index (κ3) is 3.92. The van der Waals surface area contributed by atoms with Gasteiger partial charge in [0, 0.05) is 6.20 Å². The number of rotatable bonds is 3. The number of aromatic nitrogens is 1. The van der Waals surface area contributed by atoms with Crippen molar-refractivity contribution in [3.63, 3.8) is 0 Å². The number of carbonyl (C=O) groups is 1. The van der Waals surface area contributed by atoms with E-state index in [1.165, 1.54) is 4.90 Å². The number of amides is 1. The zero-order valence-corrected chi connectivity index (χ0v) is 13.3. The van der Waals surface area contributed by atoms with Crippen molar-refractivity contribution in [3.8, 4) is 23.4 Å². The van der Waals surface area contributed by atoms with Gasteiger partial charge in [-0.2, -0.15) is 10.5 Å². The van der Waals surface area contributed by atoms with Gasteiger partial charge < -0.3 is 15.0 Å². The number of ether oxygens (including phenoxy) is 1. The Morgan fingerprint density at radius 2 is 2.12 bits per heavy atom. The predicted molar refractivity (Wildman–Crippen MR) is 89.9 cm³/mol. The minimum atomic E-state index is -0.708. The summed E-state index contributed by atoms with van der Waals surface area (Å²) in [6, 6.07) is 12.8. The number of benzene rings is 1. The molecule has 0 bridgehead atoms. The molecular formula is C18H15N5O2. The number of carbonyl (C=O) groups excluding carboxylic acids is 1. The summed E-state index contributed by atoms with van der Waals surface area (Å²) >= 11 is 0. The van der Waals surface area contributed by atoms with Crippen LogP contribution >= 0.6 is 0 Å². The van der Waals surface area contributed by atoms with Crippen LogP contribution in [0.4, 0.5) is 5.82 Å². The van der Waals surface area contributed by atoms with Crippen LogP contribution in [0.25, 0.3) is 11.1 Å². The molecule has 7 heteroatoms. The Bertz CT molecular complexity index is 868. The van der Waals surface area contributed by atoms with Crippen LogP contribution in [0.15, 0.2) is 42.6 Å². The molecule has 1 aromatic carbocycles. The van der Waals surface area contributed by atoms with E-state index in [2.05, 4.69) is 16.4 Å². The number of anilines is 1. The van der Waals surface area contributed by atoms with Gasteiger partial charge in [0.15, 0.2) is 12.3 Å². The highest BCUT2D eigenvalue weighted by atomic mass is 16.5. The first kappa shape index (κ1) is 16.4. The van der Waals surface area contributed by atoms with Gasteiger partial charge in [0.2, 0.25) is 0 Å². The molecule has 3 rings (SSSR count). The van der Waals surface area contributed by atoms with Crippen molar-refractivity contribution in [1.82, 2.24) is 9.88 Å². The molecule has 1 aliphatic rings. The van der Waals surface area contributed by atoms with E-state index in [9.17, 15) is 4.79 Å². The van der Waals surface area contributed by atoms with Crippen LogP contribution in [-0.4, -0.2) is 41.6 Å². The molecule has 0 saturated carbocycles.